The van der Waals surface area contributed by atoms with Crippen molar-refractivity contribution in [1.82, 2.24) is 0 Å². The van der Waals surface area contributed by atoms with Crippen molar-refractivity contribution < 1.29 is 0 Å². The minimum Gasteiger partial charge on any atom is -0.0622 e. The molecule has 0 saturated carbocycles. The van der Waals surface area contributed by atoms with Crippen LogP contribution in [0, 0.1) is 0 Å². The number of hydrogen-bond acceptors (Lipinski definition) is 0. The second kappa shape index (κ2) is 13.9. The van der Waals surface area contributed by atoms with E-state index in [1.807, 2.05) is 0 Å². The van der Waals surface area contributed by atoms with Crippen molar-refractivity contribution in [2.45, 2.75) is 25.7 Å². The van der Waals surface area contributed by atoms with E-state index in [0.717, 1.165) is 25.7 Å². The lowest BCUT2D eigenvalue weighted by atomic mass is 9.96. The van der Waals surface area contributed by atoms with E-state index in [4.69, 9.17) is 0 Å². The molecule has 0 spiro atoms. The highest BCUT2D eigenvalue weighted by Gasteiger charge is 2.23. The molecular formula is C40H34P2S. The molecule has 0 heterocycles. The van der Waals surface area contributed by atoms with E-state index in [1.54, 1.807) is 0 Å². The van der Waals surface area contributed by atoms with Crippen molar-refractivity contribution in [3.8, 4) is 0 Å². The van der Waals surface area contributed by atoms with Gasteiger partial charge in [-0.15, -0.1) is 0 Å². The molecule has 4 aliphatic carbocycles. The summed E-state index contributed by atoms with van der Waals surface area (Å²) in [6.07, 6.45) is 4.17. The molecule has 210 valence electrons. The fraction of sp³-hybridized carbons (Fsp3) is 0.100. The van der Waals surface area contributed by atoms with E-state index in [-0.39, 0.29) is 13.5 Å². The number of aryl methyl sites for hydroxylation is 4. The molecule has 0 fully saturated rings. The van der Waals surface area contributed by atoms with Gasteiger partial charge in [0, 0.05) is 13.5 Å². The van der Waals surface area contributed by atoms with E-state index >= 15 is 0 Å². The van der Waals surface area contributed by atoms with E-state index in [2.05, 4.69) is 158 Å². The maximum Gasteiger partial charge on any atom is 0 e. The van der Waals surface area contributed by atoms with Crippen molar-refractivity contribution in [1.29, 1.82) is 0 Å². The topological polar surface area (TPSA) is 0 Å². The van der Waals surface area contributed by atoms with Crippen LogP contribution in [0.1, 0.15) is 22.3 Å². The predicted octanol–water partition coefficient (Wildman–Crippen LogP) is 7.74. The Labute approximate surface area is 265 Å². The van der Waals surface area contributed by atoms with Crippen LogP contribution >= 0.6 is 29.3 Å². The third-order valence-electron chi connectivity index (χ3n) is 8.20. The minimum atomic E-state index is -0.630. The summed E-state index contributed by atoms with van der Waals surface area (Å²) < 4.78 is 0. The highest BCUT2D eigenvalue weighted by molar-refractivity contribution is 7.80. The maximum absolute atomic E-state index is 2.55. The van der Waals surface area contributed by atoms with Crippen LogP contribution in [0.4, 0.5) is 0 Å². The zero-order valence-electron chi connectivity index (χ0n) is 24.1. The lowest BCUT2D eigenvalue weighted by Crippen LogP contribution is -2.26. The molecule has 3 heteroatoms. The Morgan fingerprint density at radius 2 is 0.628 bits per heavy atom. The predicted molar refractivity (Wildman–Crippen MR) is 193 cm³/mol. The summed E-state index contributed by atoms with van der Waals surface area (Å²) in [4.78, 5) is 0. The quantitative estimate of drug-likeness (QED) is 0.170. The van der Waals surface area contributed by atoms with Crippen molar-refractivity contribution >= 4 is 61.2 Å². The van der Waals surface area contributed by atoms with Crippen molar-refractivity contribution in [3.63, 3.8) is 0 Å². The standard InChI is InChI=1S/C40H34P2.S/c1-5-13-35(14-6-1)41(36-15-7-2-8-16-36)39-29-31-21-25-33(39)27-23-32-22-26-34(28-24-31)40(30-32)42(37-17-9-3-10-18-37)38-19-11-4-12-20-38;/h1-22,25-26,29-30H,23-24,27-28H2;. The van der Waals surface area contributed by atoms with Gasteiger partial charge in [0.05, 0.1) is 0 Å². The molecule has 4 aliphatic rings. The van der Waals surface area contributed by atoms with Crippen LogP contribution in [0.2, 0.25) is 0 Å². The molecule has 0 N–H and O–H groups in total. The zero-order chi connectivity index (χ0) is 28.1. The fourth-order valence-corrected chi connectivity index (χ4v) is 11.2. The Balaban J connectivity index is 0.00000329. The minimum absolute atomic E-state index is 0. The molecule has 0 unspecified atom stereocenters. The van der Waals surface area contributed by atoms with Crippen LogP contribution in [0.15, 0.2) is 158 Å². The summed E-state index contributed by atoms with van der Waals surface area (Å²) in [7, 11) is -1.26. The monoisotopic (exact) mass is 608 g/mol. The van der Waals surface area contributed by atoms with Gasteiger partial charge in [0.25, 0.3) is 0 Å². The second-order valence-electron chi connectivity index (χ2n) is 10.9. The van der Waals surface area contributed by atoms with Gasteiger partial charge >= 0.3 is 0 Å². The average Bonchev–Trinajstić information content (AvgIpc) is 3.05. The van der Waals surface area contributed by atoms with Crippen LogP contribution in [0.3, 0.4) is 0 Å². The van der Waals surface area contributed by atoms with Gasteiger partial charge in [-0.05, 0) is 95.6 Å². The lowest BCUT2D eigenvalue weighted by molar-refractivity contribution is 0.933. The summed E-state index contributed by atoms with van der Waals surface area (Å²) >= 11 is 0. The van der Waals surface area contributed by atoms with Gasteiger partial charge in [-0.25, -0.2) is 0 Å². The molecule has 6 aromatic carbocycles. The molecule has 10 rings (SSSR count). The second-order valence-corrected chi connectivity index (χ2v) is 15.3. The molecule has 6 aromatic rings. The van der Waals surface area contributed by atoms with Gasteiger partial charge in [-0.2, -0.15) is 0 Å². The summed E-state index contributed by atoms with van der Waals surface area (Å²) in [5.41, 5.74) is 5.84. The van der Waals surface area contributed by atoms with E-state index in [1.165, 1.54) is 54.1 Å². The van der Waals surface area contributed by atoms with Crippen molar-refractivity contribution in [3.05, 3.63) is 180 Å². The lowest BCUT2D eigenvalue weighted by Gasteiger charge is -2.26. The number of rotatable bonds is 6. The van der Waals surface area contributed by atoms with Crippen LogP contribution in [0.5, 0.6) is 0 Å². The zero-order valence-corrected chi connectivity index (χ0v) is 26.7. The van der Waals surface area contributed by atoms with Crippen LogP contribution in [0.25, 0.3) is 0 Å². The first-order chi connectivity index (χ1) is 20.8. The molecule has 43 heavy (non-hydrogen) atoms. The smallest absolute Gasteiger partial charge is 0 e. The summed E-state index contributed by atoms with van der Waals surface area (Å²) in [5.74, 6) is 0. The molecule has 0 aromatic heterocycles. The van der Waals surface area contributed by atoms with Gasteiger partial charge in [-0.1, -0.05) is 158 Å². The Morgan fingerprint density at radius 3 is 0.930 bits per heavy atom. The van der Waals surface area contributed by atoms with Crippen LogP contribution in [-0.4, -0.2) is 0 Å². The van der Waals surface area contributed by atoms with Crippen LogP contribution < -0.4 is 31.8 Å². The Hall–Kier alpha value is -3.47. The van der Waals surface area contributed by atoms with Gasteiger partial charge in [0.2, 0.25) is 0 Å². The molecular weight excluding hydrogens is 574 g/mol. The SMILES string of the molecule is [S].c1ccc(P(c2ccccc2)c2cc3ccc2CCc2ccc(c(P(c4ccccc4)c4ccccc4)c2)CC3)cc1. The molecule has 0 saturated heterocycles. The molecule has 0 amide bonds. The van der Waals surface area contributed by atoms with Gasteiger partial charge < -0.3 is 0 Å². The average molecular weight is 609 g/mol. The highest BCUT2D eigenvalue weighted by Crippen LogP contribution is 2.37. The molecule has 0 atom stereocenters. The number of hydrogen-bond donors (Lipinski definition) is 0. The van der Waals surface area contributed by atoms with E-state index in [0.29, 0.717) is 0 Å². The molecule has 0 nitrogen and oxygen atoms in total. The molecule has 2 radical (unpaired) electrons. The molecule has 4 bridgehead atoms. The van der Waals surface area contributed by atoms with Crippen molar-refractivity contribution in [2.24, 2.45) is 0 Å². The Kier molecular flexibility index (Phi) is 9.55. The van der Waals surface area contributed by atoms with E-state index in [9.17, 15) is 0 Å². The van der Waals surface area contributed by atoms with E-state index < -0.39 is 15.8 Å². The Morgan fingerprint density at radius 1 is 0.326 bits per heavy atom. The largest absolute Gasteiger partial charge is 0.0622 e. The van der Waals surface area contributed by atoms with Crippen LogP contribution in [-0.2, 0) is 25.7 Å². The third-order valence-corrected chi connectivity index (χ3v) is 13.3. The first kappa shape index (κ1) is 29.6. The first-order valence-electron chi connectivity index (χ1n) is 14.9. The van der Waals surface area contributed by atoms with Crippen molar-refractivity contribution in [2.75, 3.05) is 0 Å². The summed E-state index contributed by atoms with van der Waals surface area (Å²) in [6, 6.07) is 59.3. The third kappa shape index (κ3) is 6.56. The summed E-state index contributed by atoms with van der Waals surface area (Å²) in [5, 5.41) is 8.73. The Bertz CT molecular complexity index is 1560. The first-order valence-corrected chi connectivity index (χ1v) is 17.6. The number of benzene rings is 6. The maximum atomic E-state index is 2.55. The fourth-order valence-electron chi connectivity index (χ4n) is 6.09. The van der Waals surface area contributed by atoms with Gasteiger partial charge in [-0.3, -0.25) is 0 Å². The molecule has 0 aliphatic heterocycles. The normalized spacial score (nSPS) is 12.5. The summed E-state index contributed by atoms with van der Waals surface area (Å²) in [6.45, 7) is 0. The van der Waals surface area contributed by atoms with Gasteiger partial charge in [0.1, 0.15) is 0 Å². The highest BCUT2D eigenvalue weighted by atomic mass is 32.1. The van der Waals surface area contributed by atoms with Gasteiger partial charge in [0.15, 0.2) is 0 Å².